The summed E-state index contributed by atoms with van der Waals surface area (Å²) in [5.41, 5.74) is 5.97. The minimum Gasteiger partial charge on any atom is -0.454 e. The number of benzene rings is 3. The predicted molar refractivity (Wildman–Crippen MR) is 113 cm³/mol. The molecule has 0 aromatic heterocycles. The summed E-state index contributed by atoms with van der Waals surface area (Å²) >= 11 is 0. The molecule has 1 aliphatic rings. The van der Waals surface area contributed by atoms with E-state index in [0.717, 1.165) is 28.8 Å². The third-order valence-electron chi connectivity index (χ3n) is 5.31. The fourth-order valence-electron chi connectivity index (χ4n) is 3.53. The number of amides is 1. The highest BCUT2D eigenvalue weighted by Crippen LogP contribution is 2.31. The molecule has 146 valence electrons. The van der Waals surface area contributed by atoms with Crippen LogP contribution in [0.3, 0.4) is 0 Å². The summed E-state index contributed by atoms with van der Waals surface area (Å²) in [6.07, 6.45) is 1.17. The maximum absolute atomic E-state index is 12.7. The molecular formula is C25H23NO3. The smallest absolute Gasteiger partial charge is 0.339 e. The average molecular weight is 385 g/mol. The van der Waals surface area contributed by atoms with Gasteiger partial charge >= 0.3 is 5.97 Å². The Morgan fingerprint density at radius 2 is 1.76 bits per heavy atom. The molecule has 4 heteroatoms. The molecular weight excluding hydrogens is 362 g/mol. The lowest BCUT2D eigenvalue weighted by Crippen LogP contribution is -2.23. The molecule has 1 atom stereocenters. The van der Waals surface area contributed by atoms with E-state index in [0.29, 0.717) is 17.5 Å². The topological polar surface area (TPSA) is 55.4 Å². The van der Waals surface area contributed by atoms with E-state index >= 15 is 0 Å². The molecule has 0 saturated carbocycles. The summed E-state index contributed by atoms with van der Waals surface area (Å²) in [5, 5.41) is 2.92. The quantitative estimate of drug-likeness (QED) is 0.623. The van der Waals surface area contributed by atoms with Gasteiger partial charge in [-0.25, -0.2) is 4.79 Å². The summed E-state index contributed by atoms with van der Waals surface area (Å²) in [5.74, 6) is -0.540. The first kappa shape index (κ1) is 18.9. The number of nitrogens with one attached hydrogen (secondary N) is 1. The van der Waals surface area contributed by atoms with E-state index in [9.17, 15) is 9.59 Å². The van der Waals surface area contributed by atoms with Crippen LogP contribution < -0.4 is 5.32 Å². The minimum atomic E-state index is -0.348. The molecule has 0 fully saturated rings. The van der Waals surface area contributed by atoms with Gasteiger partial charge < -0.3 is 10.1 Å². The van der Waals surface area contributed by atoms with Gasteiger partial charge in [-0.2, -0.15) is 0 Å². The first-order chi connectivity index (χ1) is 14.0. The van der Waals surface area contributed by atoms with Crippen LogP contribution in [0.2, 0.25) is 0 Å². The van der Waals surface area contributed by atoms with Gasteiger partial charge in [-0.05, 0) is 60.4 Å². The van der Waals surface area contributed by atoms with Gasteiger partial charge in [0, 0.05) is 17.7 Å². The molecule has 1 heterocycles. The molecule has 3 aromatic rings. The Bertz CT molecular complexity index is 1050. The van der Waals surface area contributed by atoms with Crippen LogP contribution in [0.5, 0.6) is 0 Å². The molecule has 1 N–H and O–H groups in total. The van der Waals surface area contributed by atoms with Crippen molar-refractivity contribution in [1.29, 1.82) is 0 Å². The zero-order valence-electron chi connectivity index (χ0n) is 16.6. The number of ether oxygens (including phenoxy) is 1. The first-order valence-electron chi connectivity index (χ1n) is 9.84. The number of rotatable bonds is 4. The van der Waals surface area contributed by atoms with Crippen LogP contribution in [0.25, 0.3) is 0 Å². The van der Waals surface area contributed by atoms with E-state index in [1.807, 2.05) is 55.5 Å². The second kappa shape index (κ2) is 7.92. The molecule has 0 unspecified atom stereocenters. The molecule has 0 bridgehead atoms. The van der Waals surface area contributed by atoms with Gasteiger partial charge in [-0.1, -0.05) is 48.9 Å². The normalized spacial score (nSPS) is 15.4. The molecule has 1 aliphatic heterocycles. The fraction of sp³-hybridized carbons (Fsp3) is 0.200. The van der Waals surface area contributed by atoms with Crippen molar-refractivity contribution in [3.05, 3.63) is 100 Å². The second-order valence-corrected chi connectivity index (χ2v) is 7.39. The maximum Gasteiger partial charge on any atom is 0.339 e. The lowest BCUT2D eigenvalue weighted by Gasteiger charge is -2.25. The Hall–Kier alpha value is -3.40. The van der Waals surface area contributed by atoms with Crippen LogP contribution >= 0.6 is 0 Å². The third kappa shape index (κ3) is 4.06. The van der Waals surface area contributed by atoms with Gasteiger partial charge in [-0.15, -0.1) is 0 Å². The molecule has 0 aliphatic carbocycles. The maximum atomic E-state index is 12.7. The van der Waals surface area contributed by atoms with Gasteiger partial charge in [0.1, 0.15) is 6.10 Å². The van der Waals surface area contributed by atoms with Crippen molar-refractivity contribution < 1.29 is 14.3 Å². The van der Waals surface area contributed by atoms with Crippen molar-refractivity contribution in [3.63, 3.8) is 0 Å². The van der Waals surface area contributed by atoms with Crippen LogP contribution in [0.15, 0.2) is 66.7 Å². The minimum absolute atomic E-state index is 0.192. The standard InChI is InChI=1S/C25H23NO3/c1-3-17-6-11-21(12-7-17)26-24(27)19-10-13-22-20(14-19)15-23(29-25(22)28)18-8-4-16(2)5-9-18/h4-14,23H,3,15H2,1-2H3,(H,26,27)/t23-/m1/s1. The van der Waals surface area contributed by atoms with Crippen LogP contribution in [0.4, 0.5) is 5.69 Å². The van der Waals surface area contributed by atoms with Crippen LogP contribution in [0.1, 0.15) is 56.0 Å². The Morgan fingerprint density at radius 3 is 2.45 bits per heavy atom. The molecule has 4 nitrogen and oxygen atoms in total. The zero-order chi connectivity index (χ0) is 20.4. The lowest BCUT2D eigenvalue weighted by atomic mass is 9.92. The molecule has 4 rings (SSSR count). The van der Waals surface area contributed by atoms with E-state index in [1.54, 1.807) is 18.2 Å². The van der Waals surface area contributed by atoms with E-state index in [-0.39, 0.29) is 18.0 Å². The van der Waals surface area contributed by atoms with Crippen molar-refractivity contribution in [3.8, 4) is 0 Å². The second-order valence-electron chi connectivity index (χ2n) is 7.39. The third-order valence-corrected chi connectivity index (χ3v) is 5.31. The van der Waals surface area contributed by atoms with Crippen LogP contribution in [-0.2, 0) is 17.6 Å². The largest absolute Gasteiger partial charge is 0.454 e. The lowest BCUT2D eigenvalue weighted by molar-refractivity contribution is 0.0252. The van der Waals surface area contributed by atoms with Crippen molar-refractivity contribution in [2.75, 3.05) is 5.32 Å². The highest BCUT2D eigenvalue weighted by Gasteiger charge is 2.28. The summed E-state index contributed by atoms with van der Waals surface area (Å²) in [6, 6.07) is 20.9. The van der Waals surface area contributed by atoms with E-state index in [1.165, 1.54) is 5.56 Å². The van der Waals surface area contributed by atoms with Crippen LogP contribution in [0, 0.1) is 6.92 Å². The number of cyclic esters (lactones) is 1. The van der Waals surface area contributed by atoms with Gasteiger partial charge in [0.05, 0.1) is 5.56 Å². The van der Waals surface area contributed by atoms with Gasteiger partial charge in [-0.3, -0.25) is 4.79 Å². The Morgan fingerprint density at radius 1 is 1.03 bits per heavy atom. The summed E-state index contributed by atoms with van der Waals surface area (Å²) in [7, 11) is 0. The van der Waals surface area contributed by atoms with E-state index in [2.05, 4.69) is 12.2 Å². The molecule has 0 spiro atoms. The van der Waals surface area contributed by atoms with Crippen molar-refractivity contribution >= 4 is 17.6 Å². The molecule has 29 heavy (non-hydrogen) atoms. The van der Waals surface area contributed by atoms with Crippen molar-refractivity contribution in [1.82, 2.24) is 0 Å². The first-order valence-corrected chi connectivity index (χ1v) is 9.84. The Balaban J connectivity index is 1.55. The fourth-order valence-corrected chi connectivity index (χ4v) is 3.53. The molecule has 0 radical (unpaired) electrons. The molecule has 1 amide bonds. The SMILES string of the molecule is CCc1ccc(NC(=O)c2ccc3c(c2)C[C@H](c2ccc(C)cc2)OC3=O)cc1. The molecule has 0 saturated heterocycles. The molecule has 3 aromatic carbocycles. The summed E-state index contributed by atoms with van der Waals surface area (Å²) in [4.78, 5) is 25.1. The Labute approximate surface area is 170 Å². The average Bonchev–Trinajstić information content (AvgIpc) is 2.74. The van der Waals surface area contributed by atoms with Crippen LogP contribution in [-0.4, -0.2) is 11.9 Å². The van der Waals surface area contributed by atoms with Gasteiger partial charge in [0.2, 0.25) is 0 Å². The Kier molecular flexibility index (Phi) is 5.17. The monoisotopic (exact) mass is 385 g/mol. The number of anilines is 1. The van der Waals surface area contributed by atoms with Crippen molar-refractivity contribution in [2.24, 2.45) is 0 Å². The van der Waals surface area contributed by atoms with E-state index in [4.69, 9.17) is 4.74 Å². The number of hydrogen-bond donors (Lipinski definition) is 1. The summed E-state index contributed by atoms with van der Waals surface area (Å²) in [6.45, 7) is 4.11. The van der Waals surface area contributed by atoms with Gasteiger partial charge in [0.25, 0.3) is 5.91 Å². The number of esters is 1. The van der Waals surface area contributed by atoms with Crippen molar-refractivity contribution in [2.45, 2.75) is 32.8 Å². The number of fused-ring (bicyclic) bond motifs is 1. The highest BCUT2D eigenvalue weighted by atomic mass is 16.5. The highest BCUT2D eigenvalue weighted by molar-refractivity contribution is 6.05. The number of carbonyl (C=O) groups is 2. The predicted octanol–water partition coefficient (Wildman–Crippen LogP) is 5.26. The van der Waals surface area contributed by atoms with Gasteiger partial charge in [0.15, 0.2) is 0 Å². The number of aryl methyl sites for hydroxylation is 2. The summed E-state index contributed by atoms with van der Waals surface area (Å²) < 4.78 is 5.62. The number of hydrogen-bond acceptors (Lipinski definition) is 3. The van der Waals surface area contributed by atoms with E-state index < -0.39 is 0 Å². The zero-order valence-corrected chi connectivity index (χ0v) is 16.6. The number of carbonyl (C=O) groups excluding carboxylic acids is 2.